The van der Waals surface area contributed by atoms with Gasteiger partial charge >= 0.3 is 0 Å². The summed E-state index contributed by atoms with van der Waals surface area (Å²) < 4.78 is 0. The summed E-state index contributed by atoms with van der Waals surface area (Å²) in [5.74, 6) is 0. The SMILES string of the molecule is CCC(C)(C#N)Cc1cccnc1C. The van der Waals surface area contributed by atoms with E-state index in [0.717, 1.165) is 18.5 Å². The highest BCUT2D eigenvalue weighted by Gasteiger charge is 2.22. The fraction of sp³-hybridized carbons (Fsp3) is 0.500. The van der Waals surface area contributed by atoms with Crippen LogP contribution in [-0.4, -0.2) is 4.98 Å². The zero-order valence-electron chi connectivity index (χ0n) is 9.04. The van der Waals surface area contributed by atoms with Crippen molar-refractivity contribution < 1.29 is 0 Å². The summed E-state index contributed by atoms with van der Waals surface area (Å²) in [6.07, 6.45) is 3.45. The zero-order valence-corrected chi connectivity index (χ0v) is 9.04. The molecule has 0 spiro atoms. The molecular formula is C12H16N2. The van der Waals surface area contributed by atoms with Crippen molar-refractivity contribution in [2.24, 2.45) is 5.41 Å². The van der Waals surface area contributed by atoms with Gasteiger partial charge in [-0.3, -0.25) is 4.98 Å². The molecule has 1 heterocycles. The van der Waals surface area contributed by atoms with Gasteiger partial charge in [-0.05, 0) is 38.3 Å². The lowest BCUT2D eigenvalue weighted by atomic mass is 9.82. The molecule has 14 heavy (non-hydrogen) atoms. The second-order valence-corrected chi connectivity index (χ2v) is 3.95. The topological polar surface area (TPSA) is 36.7 Å². The van der Waals surface area contributed by atoms with Crippen molar-refractivity contribution in [2.45, 2.75) is 33.6 Å². The Morgan fingerprint density at radius 2 is 2.29 bits per heavy atom. The van der Waals surface area contributed by atoms with Crippen molar-refractivity contribution in [2.75, 3.05) is 0 Å². The molecule has 2 heteroatoms. The van der Waals surface area contributed by atoms with E-state index in [1.165, 1.54) is 5.56 Å². The Morgan fingerprint density at radius 1 is 1.57 bits per heavy atom. The third kappa shape index (κ3) is 2.32. The summed E-state index contributed by atoms with van der Waals surface area (Å²) in [6, 6.07) is 6.35. The Labute approximate surface area is 85.6 Å². The molecule has 0 N–H and O–H groups in total. The van der Waals surface area contributed by atoms with Crippen LogP contribution in [-0.2, 0) is 6.42 Å². The minimum Gasteiger partial charge on any atom is -0.261 e. The predicted molar refractivity (Wildman–Crippen MR) is 56.7 cm³/mol. The number of aromatic nitrogens is 1. The summed E-state index contributed by atoms with van der Waals surface area (Å²) >= 11 is 0. The Morgan fingerprint density at radius 3 is 2.79 bits per heavy atom. The maximum Gasteiger partial charge on any atom is 0.0690 e. The summed E-state index contributed by atoms with van der Waals surface area (Å²) in [6.45, 7) is 6.04. The molecule has 0 aliphatic heterocycles. The van der Waals surface area contributed by atoms with Gasteiger partial charge in [0.15, 0.2) is 0 Å². The second-order valence-electron chi connectivity index (χ2n) is 3.95. The Kier molecular flexibility index (Phi) is 3.24. The Balaban J connectivity index is 2.89. The first-order valence-electron chi connectivity index (χ1n) is 4.93. The smallest absolute Gasteiger partial charge is 0.0690 e. The molecule has 0 amide bonds. The molecule has 1 rings (SSSR count). The van der Waals surface area contributed by atoms with Crippen LogP contribution in [0.2, 0.25) is 0 Å². The molecule has 0 bridgehead atoms. The van der Waals surface area contributed by atoms with Gasteiger partial charge in [0, 0.05) is 11.9 Å². The van der Waals surface area contributed by atoms with E-state index in [2.05, 4.69) is 18.0 Å². The largest absolute Gasteiger partial charge is 0.261 e. The van der Waals surface area contributed by atoms with Crippen molar-refractivity contribution in [1.82, 2.24) is 4.98 Å². The average molecular weight is 188 g/mol. The molecule has 0 fully saturated rings. The molecule has 1 atom stereocenters. The van der Waals surface area contributed by atoms with Gasteiger partial charge in [0.2, 0.25) is 0 Å². The van der Waals surface area contributed by atoms with Gasteiger partial charge in [0.25, 0.3) is 0 Å². The molecule has 1 unspecified atom stereocenters. The summed E-state index contributed by atoms with van der Waals surface area (Å²) in [4.78, 5) is 4.22. The fourth-order valence-electron chi connectivity index (χ4n) is 1.37. The van der Waals surface area contributed by atoms with Crippen LogP contribution in [0.15, 0.2) is 18.3 Å². The maximum atomic E-state index is 9.07. The summed E-state index contributed by atoms with van der Waals surface area (Å²) in [5, 5.41) is 9.07. The first-order chi connectivity index (χ1) is 6.61. The van der Waals surface area contributed by atoms with E-state index in [4.69, 9.17) is 5.26 Å². The minimum absolute atomic E-state index is 0.256. The second kappa shape index (κ2) is 4.23. The van der Waals surface area contributed by atoms with Crippen molar-refractivity contribution in [1.29, 1.82) is 5.26 Å². The molecule has 1 aromatic heterocycles. The Bertz CT molecular complexity index is 352. The highest BCUT2D eigenvalue weighted by molar-refractivity contribution is 5.21. The van der Waals surface area contributed by atoms with Gasteiger partial charge in [-0.25, -0.2) is 0 Å². The molecule has 74 valence electrons. The first kappa shape index (κ1) is 10.7. The molecular weight excluding hydrogens is 172 g/mol. The minimum atomic E-state index is -0.256. The van der Waals surface area contributed by atoms with Crippen LogP contribution < -0.4 is 0 Å². The van der Waals surface area contributed by atoms with Gasteiger partial charge < -0.3 is 0 Å². The van der Waals surface area contributed by atoms with Crippen molar-refractivity contribution >= 4 is 0 Å². The van der Waals surface area contributed by atoms with Crippen LogP contribution in [0.3, 0.4) is 0 Å². The predicted octanol–water partition coefficient (Wildman–Crippen LogP) is 2.87. The van der Waals surface area contributed by atoms with Crippen molar-refractivity contribution in [3.63, 3.8) is 0 Å². The van der Waals surface area contributed by atoms with Gasteiger partial charge in [0.1, 0.15) is 0 Å². The van der Waals surface area contributed by atoms with Crippen LogP contribution in [0.5, 0.6) is 0 Å². The molecule has 0 saturated carbocycles. The fourth-order valence-corrected chi connectivity index (χ4v) is 1.37. The van der Waals surface area contributed by atoms with Crippen LogP contribution in [0, 0.1) is 23.7 Å². The third-order valence-corrected chi connectivity index (χ3v) is 2.75. The normalized spacial score (nSPS) is 14.4. The number of nitrogens with zero attached hydrogens (tertiary/aromatic N) is 2. The average Bonchev–Trinajstić information content (AvgIpc) is 2.21. The molecule has 0 radical (unpaired) electrons. The molecule has 0 aliphatic rings. The monoisotopic (exact) mass is 188 g/mol. The van der Waals surface area contributed by atoms with E-state index < -0.39 is 0 Å². The van der Waals surface area contributed by atoms with Gasteiger partial charge in [-0.2, -0.15) is 5.26 Å². The summed E-state index contributed by atoms with van der Waals surface area (Å²) in [7, 11) is 0. The van der Waals surface area contributed by atoms with Gasteiger partial charge in [-0.1, -0.05) is 13.0 Å². The molecule has 0 aromatic carbocycles. The lowest BCUT2D eigenvalue weighted by molar-refractivity contribution is 0.421. The van der Waals surface area contributed by atoms with Crippen LogP contribution in [0.1, 0.15) is 31.5 Å². The van der Waals surface area contributed by atoms with E-state index in [0.29, 0.717) is 0 Å². The molecule has 2 nitrogen and oxygen atoms in total. The van der Waals surface area contributed by atoms with E-state index in [-0.39, 0.29) is 5.41 Å². The number of pyridine rings is 1. The van der Waals surface area contributed by atoms with E-state index in [1.807, 2.05) is 26.0 Å². The molecule has 1 aromatic rings. The van der Waals surface area contributed by atoms with Crippen LogP contribution in [0.25, 0.3) is 0 Å². The quantitative estimate of drug-likeness (QED) is 0.731. The third-order valence-electron chi connectivity index (χ3n) is 2.75. The zero-order chi connectivity index (χ0) is 10.6. The number of hydrogen-bond donors (Lipinski definition) is 0. The van der Waals surface area contributed by atoms with Crippen LogP contribution >= 0.6 is 0 Å². The number of hydrogen-bond acceptors (Lipinski definition) is 2. The van der Waals surface area contributed by atoms with E-state index in [1.54, 1.807) is 6.20 Å². The molecule has 0 aliphatic carbocycles. The van der Waals surface area contributed by atoms with E-state index in [9.17, 15) is 0 Å². The molecule has 0 saturated heterocycles. The maximum absolute atomic E-state index is 9.07. The highest BCUT2D eigenvalue weighted by atomic mass is 14.7. The summed E-state index contributed by atoms with van der Waals surface area (Å²) in [5.41, 5.74) is 1.95. The Hall–Kier alpha value is -1.36. The number of rotatable bonds is 3. The number of aryl methyl sites for hydroxylation is 1. The van der Waals surface area contributed by atoms with Gasteiger partial charge in [-0.15, -0.1) is 0 Å². The lowest BCUT2D eigenvalue weighted by Gasteiger charge is -2.19. The first-order valence-corrected chi connectivity index (χ1v) is 4.93. The van der Waals surface area contributed by atoms with Crippen LogP contribution in [0.4, 0.5) is 0 Å². The highest BCUT2D eigenvalue weighted by Crippen LogP contribution is 2.26. The number of nitriles is 1. The standard InChI is InChI=1S/C12H16N2/c1-4-12(3,9-13)8-11-6-5-7-14-10(11)2/h5-7H,4,8H2,1-3H3. The lowest BCUT2D eigenvalue weighted by Crippen LogP contribution is -2.16. The van der Waals surface area contributed by atoms with Crippen molar-refractivity contribution in [3.8, 4) is 6.07 Å². The van der Waals surface area contributed by atoms with E-state index >= 15 is 0 Å². The van der Waals surface area contributed by atoms with Gasteiger partial charge in [0.05, 0.1) is 11.5 Å². The van der Waals surface area contributed by atoms with Crippen molar-refractivity contribution in [3.05, 3.63) is 29.6 Å².